The zero-order valence-electron chi connectivity index (χ0n) is 19.4. The van der Waals surface area contributed by atoms with Gasteiger partial charge in [-0.25, -0.2) is 4.98 Å². The van der Waals surface area contributed by atoms with Crippen LogP contribution < -0.4 is 5.32 Å². The Labute approximate surface area is 200 Å². The number of aromatic nitrogens is 2. The fourth-order valence-corrected chi connectivity index (χ4v) is 4.41. The number of carbonyl (C=O) groups excluding carboxylic acids is 2. The molecule has 1 aliphatic heterocycles. The first kappa shape index (κ1) is 23.2. The van der Waals surface area contributed by atoms with Crippen LogP contribution in [-0.4, -0.2) is 39.4 Å². The fourth-order valence-electron chi connectivity index (χ4n) is 4.41. The molecule has 7 heteroatoms. The van der Waals surface area contributed by atoms with Crippen LogP contribution in [0.5, 0.6) is 0 Å². The molecule has 0 bridgehead atoms. The monoisotopic (exact) mass is 455 g/mol. The lowest BCUT2D eigenvalue weighted by Crippen LogP contribution is -2.46. The number of hydrogen-bond donors (Lipinski definition) is 1. The van der Waals surface area contributed by atoms with Crippen LogP contribution in [0.3, 0.4) is 0 Å². The molecule has 2 heterocycles. The lowest BCUT2D eigenvalue weighted by molar-refractivity contribution is -0.135. The van der Waals surface area contributed by atoms with Crippen LogP contribution in [0.25, 0.3) is 0 Å². The number of imidazole rings is 1. The zero-order chi connectivity index (χ0) is 23.9. The summed E-state index contributed by atoms with van der Waals surface area (Å²) in [5.41, 5.74) is 3.57. The van der Waals surface area contributed by atoms with Gasteiger partial charge in [-0.3, -0.25) is 9.59 Å². The van der Waals surface area contributed by atoms with Gasteiger partial charge < -0.3 is 14.8 Å². The van der Waals surface area contributed by atoms with E-state index in [1.807, 2.05) is 58.9 Å². The van der Waals surface area contributed by atoms with E-state index in [0.29, 0.717) is 31.6 Å². The van der Waals surface area contributed by atoms with Gasteiger partial charge in [0.2, 0.25) is 11.8 Å². The maximum atomic E-state index is 13.1. The summed E-state index contributed by atoms with van der Waals surface area (Å²) in [6.45, 7) is 3.70. The van der Waals surface area contributed by atoms with Gasteiger partial charge >= 0.3 is 0 Å². The summed E-state index contributed by atoms with van der Waals surface area (Å²) in [7, 11) is 0. The lowest BCUT2D eigenvalue weighted by atomic mass is 9.96. The molecule has 1 fully saturated rings. The third-order valence-corrected chi connectivity index (χ3v) is 6.33. The maximum absolute atomic E-state index is 13.1. The Morgan fingerprint density at radius 3 is 2.65 bits per heavy atom. The number of hydrogen-bond acceptors (Lipinski definition) is 4. The maximum Gasteiger partial charge on any atom is 0.227 e. The first-order valence-corrected chi connectivity index (χ1v) is 11.6. The van der Waals surface area contributed by atoms with Gasteiger partial charge in [0.25, 0.3) is 0 Å². The molecule has 3 aromatic rings. The van der Waals surface area contributed by atoms with Crippen molar-refractivity contribution in [3.8, 4) is 6.07 Å². The summed E-state index contributed by atoms with van der Waals surface area (Å²) in [6, 6.07) is 19.1. The van der Waals surface area contributed by atoms with E-state index in [4.69, 9.17) is 5.26 Å². The smallest absolute Gasteiger partial charge is 0.227 e. The molecule has 2 atom stereocenters. The number of amides is 2. The average molecular weight is 456 g/mol. The molecule has 0 aliphatic carbocycles. The Hall–Kier alpha value is -3.92. The Kier molecular flexibility index (Phi) is 7.38. The van der Waals surface area contributed by atoms with E-state index in [9.17, 15) is 9.59 Å². The number of benzene rings is 2. The van der Waals surface area contributed by atoms with E-state index in [-0.39, 0.29) is 23.8 Å². The van der Waals surface area contributed by atoms with Crippen molar-refractivity contribution in [2.75, 3.05) is 13.1 Å². The first-order chi connectivity index (χ1) is 16.5. The van der Waals surface area contributed by atoms with E-state index in [1.54, 1.807) is 24.7 Å². The molecule has 1 saturated heterocycles. The van der Waals surface area contributed by atoms with Crippen molar-refractivity contribution in [3.05, 3.63) is 89.5 Å². The van der Waals surface area contributed by atoms with E-state index in [0.717, 1.165) is 29.7 Å². The molecule has 0 spiro atoms. The Bertz CT molecular complexity index is 1160. The van der Waals surface area contributed by atoms with E-state index in [1.165, 1.54) is 0 Å². The SMILES string of the molecule is C[C@H](NC(=O)C1CCCN(C(=O)Cc2ccccc2)C1)c1cncn1Cc1ccc(C#N)cc1. The van der Waals surface area contributed by atoms with Gasteiger partial charge in [0.05, 0.1) is 48.2 Å². The number of nitrogens with zero attached hydrogens (tertiary/aromatic N) is 4. The molecule has 174 valence electrons. The zero-order valence-corrected chi connectivity index (χ0v) is 19.4. The summed E-state index contributed by atoms with van der Waals surface area (Å²) in [4.78, 5) is 31.9. The third kappa shape index (κ3) is 5.70. The van der Waals surface area contributed by atoms with Crippen molar-refractivity contribution >= 4 is 11.8 Å². The van der Waals surface area contributed by atoms with Gasteiger partial charge in [0.15, 0.2) is 0 Å². The molecule has 1 unspecified atom stereocenters. The normalized spacial score (nSPS) is 16.5. The fraction of sp³-hybridized carbons (Fsp3) is 0.333. The van der Waals surface area contributed by atoms with Crippen LogP contribution in [0.2, 0.25) is 0 Å². The van der Waals surface area contributed by atoms with E-state index < -0.39 is 0 Å². The molecule has 2 amide bonds. The second kappa shape index (κ2) is 10.8. The van der Waals surface area contributed by atoms with Gasteiger partial charge in [0, 0.05) is 19.6 Å². The van der Waals surface area contributed by atoms with Gasteiger partial charge in [-0.05, 0) is 43.0 Å². The highest BCUT2D eigenvalue weighted by Gasteiger charge is 2.29. The predicted octanol–water partition coefficient (Wildman–Crippen LogP) is 3.46. The molecule has 1 aliphatic rings. The Morgan fingerprint density at radius 2 is 1.91 bits per heavy atom. The van der Waals surface area contributed by atoms with Crippen molar-refractivity contribution in [3.63, 3.8) is 0 Å². The highest BCUT2D eigenvalue weighted by atomic mass is 16.2. The van der Waals surface area contributed by atoms with Gasteiger partial charge in [0.1, 0.15) is 0 Å². The quantitative estimate of drug-likeness (QED) is 0.591. The lowest BCUT2D eigenvalue weighted by Gasteiger charge is -2.33. The number of nitrogens with one attached hydrogen (secondary N) is 1. The topological polar surface area (TPSA) is 91.0 Å². The second-order valence-corrected chi connectivity index (χ2v) is 8.83. The van der Waals surface area contributed by atoms with Crippen LogP contribution in [-0.2, 0) is 22.6 Å². The predicted molar refractivity (Wildman–Crippen MR) is 128 cm³/mol. The summed E-state index contributed by atoms with van der Waals surface area (Å²) in [5.74, 6) is -0.182. The minimum absolute atomic E-state index is 0.0316. The number of likely N-dealkylation sites (tertiary alicyclic amines) is 1. The second-order valence-electron chi connectivity index (χ2n) is 8.83. The van der Waals surface area contributed by atoms with Crippen LogP contribution in [0.1, 0.15) is 48.2 Å². The molecular weight excluding hydrogens is 426 g/mol. The molecule has 0 saturated carbocycles. The molecule has 1 N–H and O–H groups in total. The molecule has 4 rings (SSSR count). The number of rotatable bonds is 7. The van der Waals surface area contributed by atoms with Gasteiger partial charge in [-0.2, -0.15) is 5.26 Å². The third-order valence-electron chi connectivity index (χ3n) is 6.33. The summed E-state index contributed by atoms with van der Waals surface area (Å²) >= 11 is 0. The van der Waals surface area contributed by atoms with Crippen molar-refractivity contribution in [1.29, 1.82) is 5.26 Å². The minimum atomic E-state index is -0.219. The van der Waals surface area contributed by atoms with Crippen LogP contribution >= 0.6 is 0 Å². The van der Waals surface area contributed by atoms with Crippen LogP contribution in [0, 0.1) is 17.2 Å². The molecular formula is C27H29N5O2. The van der Waals surface area contributed by atoms with Crippen molar-refractivity contribution < 1.29 is 9.59 Å². The highest BCUT2D eigenvalue weighted by molar-refractivity contribution is 5.82. The van der Waals surface area contributed by atoms with Crippen molar-refractivity contribution in [2.24, 2.45) is 5.92 Å². The van der Waals surface area contributed by atoms with Crippen molar-refractivity contribution in [1.82, 2.24) is 19.8 Å². The molecule has 0 radical (unpaired) electrons. The number of piperidine rings is 1. The summed E-state index contributed by atoms with van der Waals surface area (Å²) < 4.78 is 2.00. The number of carbonyl (C=O) groups is 2. The Balaban J connectivity index is 1.35. The summed E-state index contributed by atoms with van der Waals surface area (Å²) in [6.07, 6.45) is 5.48. The van der Waals surface area contributed by atoms with E-state index in [2.05, 4.69) is 16.4 Å². The van der Waals surface area contributed by atoms with Gasteiger partial charge in [-0.1, -0.05) is 42.5 Å². The largest absolute Gasteiger partial charge is 0.348 e. The van der Waals surface area contributed by atoms with Crippen LogP contribution in [0.4, 0.5) is 0 Å². The van der Waals surface area contributed by atoms with Crippen molar-refractivity contribution in [2.45, 2.75) is 38.8 Å². The minimum Gasteiger partial charge on any atom is -0.348 e. The molecule has 2 aromatic carbocycles. The molecule has 7 nitrogen and oxygen atoms in total. The van der Waals surface area contributed by atoms with Gasteiger partial charge in [-0.15, -0.1) is 0 Å². The average Bonchev–Trinajstić information content (AvgIpc) is 3.33. The highest BCUT2D eigenvalue weighted by Crippen LogP contribution is 2.20. The summed E-state index contributed by atoms with van der Waals surface area (Å²) in [5, 5.41) is 12.1. The first-order valence-electron chi connectivity index (χ1n) is 11.6. The standard InChI is InChI=1S/C27H29N5O2/c1-20(25-16-29-19-32(25)17-23-11-9-22(15-28)10-12-23)30-27(34)24-8-5-13-31(18-24)26(33)14-21-6-3-2-4-7-21/h2-4,6-7,9-12,16,19-20,24H,5,8,13-14,17-18H2,1H3,(H,30,34)/t20-,24?/m0/s1. The Morgan fingerprint density at radius 1 is 1.15 bits per heavy atom. The number of nitriles is 1. The van der Waals surface area contributed by atoms with E-state index >= 15 is 0 Å². The molecule has 1 aromatic heterocycles. The molecule has 34 heavy (non-hydrogen) atoms. The van der Waals surface area contributed by atoms with Crippen LogP contribution in [0.15, 0.2) is 67.1 Å².